The molecule has 0 unspecified atom stereocenters. The van der Waals surface area contributed by atoms with Gasteiger partial charge in [0.15, 0.2) is 5.82 Å². The third-order valence-corrected chi connectivity index (χ3v) is 4.67. The number of rotatable bonds is 2. The van der Waals surface area contributed by atoms with Crippen LogP contribution < -0.4 is 5.32 Å². The van der Waals surface area contributed by atoms with E-state index < -0.39 is 41.6 Å². The van der Waals surface area contributed by atoms with Crippen molar-refractivity contribution in [2.75, 3.05) is 13.1 Å². The second kappa shape index (κ2) is 4.62. The Bertz CT molecular complexity index is 554. The normalized spacial score (nSPS) is 26.5. The summed E-state index contributed by atoms with van der Waals surface area (Å²) in [4.78, 5) is 3.87. The average molecular weight is 325 g/mol. The Balaban J connectivity index is 1.92. The summed E-state index contributed by atoms with van der Waals surface area (Å²) in [6, 6.07) is 0. The van der Waals surface area contributed by atoms with E-state index in [4.69, 9.17) is 4.52 Å². The lowest BCUT2D eigenvalue weighted by Gasteiger charge is -2.41. The van der Waals surface area contributed by atoms with Crippen molar-refractivity contribution in [3.8, 4) is 0 Å². The van der Waals surface area contributed by atoms with Crippen LogP contribution in [0, 0.1) is 0 Å². The first-order valence-electron chi connectivity index (χ1n) is 7.08. The summed E-state index contributed by atoms with van der Waals surface area (Å²) in [5.74, 6) is -3.39. The van der Waals surface area contributed by atoms with Gasteiger partial charge in [-0.2, -0.15) is 18.2 Å². The maximum absolute atomic E-state index is 13.5. The van der Waals surface area contributed by atoms with E-state index in [-0.39, 0.29) is 31.8 Å². The molecule has 2 aliphatic rings. The van der Waals surface area contributed by atoms with E-state index in [2.05, 4.69) is 15.5 Å². The van der Waals surface area contributed by atoms with Gasteiger partial charge in [0.1, 0.15) is 5.41 Å². The standard InChI is InChI=1S/C13H16F5N3O/c1-10(6-12(14,15)7-10)9-20-8(21-22-9)11(13(16,17)18)2-4-19-5-3-11/h19H,2-7H2,1H3. The minimum Gasteiger partial charge on any atom is -0.339 e. The Hall–Kier alpha value is -1.25. The molecule has 1 aliphatic carbocycles. The molecule has 2 heterocycles. The predicted molar refractivity (Wildman–Crippen MR) is 65.7 cm³/mol. The zero-order valence-electron chi connectivity index (χ0n) is 11.9. The van der Waals surface area contributed by atoms with Gasteiger partial charge in [-0.25, -0.2) is 8.78 Å². The molecule has 0 amide bonds. The molecule has 124 valence electrons. The summed E-state index contributed by atoms with van der Waals surface area (Å²) in [6.07, 6.45) is -5.87. The zero-order chi connectivity index (χ0) is 16.2. The lowest BCUT2D eigenvalue weighted by molar-refractivity contribution is -0.200. The molecule has 1 saturated carbocycles. The molecule has 0 radical (unpaired) electrons. The van der Waals surface area contributed by atoms with Crippen LogP contribution in [0.15, 0.2) is 4.52 Å². The largest absolute Gasteiger partial charge is 0.401 e. The Morgan fingerprint density at radius 2 is 1.73 bits per heavy atom. The van der Waals surface area contributed by atoms with Crippen molar-refractivity contribution in [2.45, 2.75) is 55.5 Å². The maximum Gasteiger partial charge on any atom is 0.401 e. The number of aromatic nitrogens is 2. The fourth-order valence-electron chi connectivity index (χ4n) is 3.39. The Labute approximate surface area is 123 Å². The first kappa shape index (κ1) is 15.6. The second-order valence-electron chi connectivity index (χ2n) is 6.52. The van der Waals surface area contributed by atoms with Gasteiger partial charge in [-0.3, -0.25) is 0 Å². The number of halogens is 5. The van der Waals surface area contributed by atoms with Crippen LogP contribution in [0.3, 0.4) is 0 Å². The average Bonchev–Trinajstić information content (AvgIpc) is 2.86. The Morgan fingerprint density at radius 3 is 2.23 bits per heavy atom. The summed E-state index contributed by atoms with van der Waals surface area (Å²) in [6.45, 7) is 1.89. The van der Waals surface area contributed by atoms with E-state index in [1.807, 2.05) is 0 Å². The van der Waals surface area contributed by atoms with Crippen LogP contribution in [0.2, 0.25) is 0 Å². The summed E-state index contributed by atoms with van der Waals surface area (Å²) < 4.78 is 71.7. The van der Waals surface area contributed by atoms with Crippen molar-refractivity contribution in [3.05, 3.63) is 11.7 Å². The molecular formula is C13H16F5N3O. The molecule has 1 N–H and O–H groups in total. The molecular weight excluding hydrogens is 309 g/mol. The molecule has 3 rings (SSSR count). The molecule has 0 atom stereocenters. The highest BCUT2D eigenvalue weighted by molar-refractivity contribution is 5.19. The van der Waals surface area contributed by atoms with Crippen molar-refractivity contribution in [1.29, 1.82) is 0 Å². The SMILES string of the molecule is CC1(c2nc(C3(C(F)(F)F)CCNCC3)no2)CC(F)(F)C1. The minimum absolute atomic E-state index is 0.129. The van der Waals surface area contributed by atoms with E-state index in [1.165, 1.54) is 6.92 Å². The lowest BCUT2D eigenvalue weighted by atomic mass is 9.67. The van der Waals surface area contributed by atoms with Crippen LogP contribution in [-0.4, -0.2) is 35.3 Å². The van der Waals surface area contributed by atoms with E-state index in [0.717, 1.165) is 0 Å². The summed E-state index contributed by atoms with van der Waals surface area (Å²) in [7, 11) is 0. The van der Waals surface area contributed by atoms with Gasteiger partial charge in [0, 0.05) is 12.8 Å². The van der Waals surface area contributed by atoms with Gasteiger partial charge in [0.25, 0.3) is 0 Å². The molecule has 9 heteroatoms. The number of hydrogen-bond donors (Lipinski definition) is 1. The van der Waals surface area contributed by atoms with E-state index in [0.29, 0.717) is 0 Å². The monoisotopic (exact) mass is 325 g/mol. The third kappa shape index (κ3) is 2.29. The molecule has 2 fully saturated rings. The smallest absolute Gasteiger partial charge is 0.339 e. The number of hydrogen-bond acceptors (Lipinski definition) is 4. The maximum atomic E-state index is 13.5. The first-order valence-corrected chi connectivity index (χ1v) is 7.08. The van der Waals surface area contributed by atoms with E-state index in [9.17, 15) is 22.0 Å². The predicted octanol–water partition coefficient (Wildman–Crippen LogP) is 2.94. The van der Waals surface area contributed by atoms with E-state index in [1.54, 1.807) is 0 Å². The fourth-order valence-corrected chi connectivity index (χ4v) is 3.39. The molecule has 1 aromatic heterocycles. The van der Waals surface area contributed by atoms with Crippen LogP contribution in [-0.2, 0) is 10.8 Å². The molecule has 1 saturated heterocycles. The van der Waals surface area contributed by atoms with Crippen molar-refractivity contribution in [2.24, 2.45) is 0 Å². The Kier molecular flexibility index (Phi) is 3.29. The van der Waals surface area contributed by atoms with Crippen LogP contribution in [0.1, 0.15) is 44.3 Å². The van der Waals surface area contributed by atoms with Gasteiger partial charge in [-0.05, 0) is 25.9 Å². The van der Waals surface area contributed by atoms with Crippen LogP contribution >= 0.6 is 0 Å². The molecule has 4 nitrogen and oxygen atoms in total. The summed E-state index contributed by atoms with van der Waals surface area (Å²) in [5, 5.41) is 6.36. The zero-order valence-corrected chi connectivity index (χ0v) is 11.9. The third-order valence-electron chi connectivity index (χ3n) is 4.67. The summed E-state index contributed by atoms with van der Waals surface area (Å²) in [5.41, 5.74) is -3.21. The van der Waals surface area contributed by atoms with Crippen LogP contribution in [0.4, 0.5) is 22.0 Å². The van der Waals surface area contributed by atoms with Gasteiger partial charge in [-0.1, -0.05) is 12.1 Å². The fraction of sp³-hybridized carbons (Fsp3) is 0.846. The van der Waals surface area contributed by atoms with Gasteiger partial charge in [0.2, 0.25) is 11.8 Å². The van der Waals surface area contributed by atoms with Gasteiger partial charge in [0.05, 0.1) is 5.41 Å². The molecule has 1 aliphatic heterocycles. The first-order chi connectivity index (χ1) is 10.1. The van der Waals surface area contributed by atoms with Crippen molar-refractivity contribution in [1.82, 2.24) is 15.5 Å². The molecule has 0 spiro atoms. The van der Waals surface area contributed by atoms with Crippen molar-refractivity contribution >= 4 is 0 Å². The number of nitrogens with one attached hydrogen (secondary N) is 1. The van der Waals surface area contributed by atoms with Crippen LogP contribution in [0.5, 0.6) is 0 Å². The minimum atomic E-state index is -4.51. The lowest BCUT2D eigenvalue weighted by Crippen LogP contribution is -2.51. The summed E-state index contributed by atoms with van der Waals surface area (Å²) >= 11 is 0. The van der Waals surface area contributed by atoms with Gasteiger partial charge in [-0.15, -0.1) is 0 Å². The quantitative estimate of drug-likeness (QED) is 0.850. The highest BCUT2D eigenvalue weighted by Crippen LogP contribution is 2.53. The second-order valence-corrected chi connectivity index (χ2v) is 6.52. The highest BCUT2D eigenvalue weighted by atomic mass is 19.4. The Morgan fingerprint density at radius 1 is 1.14 bits per heavy atom. The molecule has 22 heavy (non-hydrogen) atoms. The topological polar surface area (TPSA) is 51.0 Å². The van der Waals surface area contributed by atoms with Crippen molar-refractivity contribution < 1.29 is 26.5 Å². The molecule has 0 aromatic carbocycles. The van der Waals surface area contributed by atoms with E-state index >= 15 is 0 Å². The molecule has 0 bridgehead atoms. The number of nitrogens with zero attached hydrogens (tertiary/aromatic N) is 2. The van der Waals surface area contributed by atoms with Crippen LogP contribution in [0.25, 0.3) is 0 Å². The van der Waals surface area contributed by atoms with Gasteiger partial charge >= 0.3 is 6.18 Å². The highest BCUT2D eigenvalue weighted by Gasteiger charge is 2.61. The number of alkyl halides is 5. The number of piperidine rings is 1. The van der Waals surface area contributed by atoms with Gasteiger partial charge < -0.3 is 9.84 Å². The van der Waals surface area contributed by atoms with Crippen molar-refractivity contribution in [3.63, 3.8) is 0 Å². The molecule has 1 aromatic rings.